The van der Waals surface area contributed by atoms with E-state index in [0.717, 1.165) is 38.8 Å². The molecule has 0 aromatic carbocycles. The summed E-state index contributed by atoms with van der Waals surface area (Å²) in [6.07, 6.45) is 6.97. The van der Waals surface area contributed by atoms with E-state index in [2.05, 4.69) is 5.32 Å². The Kier molecular flexibility index (Phi) is 5.56. The molecule has 94 valence electrons. The summed E-state index contributed by atoms with van der Waals surface area (Å²) in [5, 5.41) is 3.34. The lowest BCUT2D eigenvalue weighted by Gasteiger charge is -2.33. The summed E-state index contributed by atoms with van der Waals surface area (Å²) in [5.41, 5.74) is 0. The highest BCUT2D eigenvalue weighted by Crippen LogP contribution is 2.27. The minimum atomic E-state index is 0. The molecule has 1 aliphatic carbocycles. The second-order valence-electron chi connectivity index (χ2n) is 4.91. The number of nitrogens with one attached hydrogen (secondary N) is 1. The van der Waals surface area contributed by atoms with Gasteiger partial charge in [-0.1, -0.05) is 12.8 Å². The van der Waals surface area contributed by atoms with Crippen LogP contribution in [0.25, 0.3) is 0 Å². The number of hydrogen-bond donors (Lipinski definition) is 1. The number of hydrogen-bond acceptors (Lipinski definition) is 2. The molecule has 1 saturated heterocycles. The Bertz CT molecular complexity index is 223. The summed E-state index contributed by atoms with van der Waals surface area (Å²) in [6, 6.07) is 0.486. The molecule has 1 amide bonds. The maximum Gasteiger partial charge on any atom is 0.225 e. The topological polar surface area (TPSA) is 32.3 Å². The van der Waals surface area contributed by atoms with Crippen LogP contribution in [0.2, 0.25) is 0 Å². The summed E-state index contributed by atoms with van der Waals surface area (Å²) in [6.45, 7) is 2.12. The van der Waals surface area contributed by atoms with Crippen molar-refractivity contribution >= 4 is 18.3 Å². The normalized spacial score (nSPS) is 22.8. The van der Waals surface area contributed by atoms with Crippen molar-refractivity contribution in [3.8, 4) is 0 Å². The zero-order valence-corrected chi connectivity index (χ0v) is 10.9. The van der Waals surface area contributed by atoms with Crippen molar-refractivity contribution in [1.29, 1.82) is 0 Å². The molecule has 2 aliphatic rings. The molecule has 0 bridgehead atoms. The van der Waals surface area contributed by atoms with E-state index in [0.29, 0.717) is 17.9 Å². The first-order valence-electron chi connectivity index (χ1n) is 6.26. The largest absolute Gasteiger partial charge is 0.342 e. The van der Waals surface area contributed by atoms with Crippen molar-refractivity contribution in [3.05, 3.63) is 0 Å². The van der Waals surface area contributed by atoms with Crippen LogP contribution in [0, 0.1) is 5.92 Å². The van der Waals surface area contributed by atoms with E-state index in [1.807, 2.05) is 11.9 Å². The zero-order chi connectivity index (χ0) is 10.7. The second-order valence-corrected chi connectivity index (χ2v) is 4.91. The Morgan fingerprint density at radius 1 is 1.12 bits per heavy atom. The highest BCUT2D eigenvalue weighted by atomic mass is 35.5. The fourth-order valence-electron chi connectivity index (χ4n) is 2.83. The van der Waals surface area contributed by atoms with Crippen molar-refractivity contribution in [2.24, 2.45) is 5.92 Å². The van der Waals surface area contributed by atoms with Crippen LogP contribution in [0.4, 0.5) is 0 Å². The van der Waals surface area contributed by atoms with E-state index in [1.165, 1.54) is 12.8 Å². The minimum Gasteiger partial charge on any atom is -0.342 e. The van der Waals surface area contributed by atoms with Gasteiger partial charge in [-0.05, 0) is 38.8 Å². The van der Waals surface area contributed by atoms with E-state index in [-0.39, 0.29) is 12.4 Å². The average molecular weight is 247 g/mol. The summed E-state index contributed by atoms with van der Waals surface area (Å²) in [5.74, 6) is 0.740. The molecule has 0 spiro atoms. The van der Waals surface area contributed by atoms with Gasteiger partial charge >= 0.3 is 0 Å². The van der Waals surface area contributed by atoms with Crippen LogP contribution in [0.3, 0.4) is 0 Å². The van der Waals surface area contributed by atoms with E-state index in [9.17, 15) is 4.79 Å². The van der Waals surface area contributed by atoms with Gasteiger partial charge in [-0.2, -0.15) is 0 Å². The van der Waals surface area contributed by atoms with Gasteiger partial charge in [0.25, 0.3) is 0 Å². The van der Waals surface area contributed by atoms with Crippen LogP contribution in [0.5, 0.6) is 0 Å². The van der Waals surface area contributed by atoms with Gasteiger partial charge in [0.1, 0.15) is 0 Å². The van der Waals surface area contributed by atoms with Crippen LogP contribution in [-0.4, -0.2) is 37.0 Å². The van der Waals surface area contributed by atoms with Crippen molar-refractivity contribution in [2.45, 2.75) is 44.6 Å². The van der Waals surface area contributed by atoms with Crippen LogP contribution in [0.1, 0.15) is 38.5 Å². The first-order chi connectivity index (χ1) is 7.29. The molecule has 0 aromatic rings. The Morgan fingerprint density at radius 2 is 1.69 bits per heavy atom. The van der Waals surface area contributed by atoms with Crippen molar-refractivity contribution in [2.75, 3.05) is 20.1 Å². The standard InChI is InChI=1S/C12H22N2O.ClH/c1-14(11-6-8-13-9-7-11)12(15)10-4-2-3-5-10;/h10-11,13H,2-9H2,1H3;1H. The summed E-state index contributed by atoms with van der Waals surface area (Å²) >= 11 is 0. The molecule has 0 atom stereocenters. The van der Waals surface area contributed by atoms with Gasteiger partial charge in [0.15, 0.2) is 0 Å². The third-order valence-corrected chi connectivity index (χ3v) is 3.91. The van der Waals surface area contributed by atoms with Crippen LogP contribution in [-0.2, 0) is 4.79 Å². The van der Waals surface area contributed by atoms with E-state index < -0.39 is 0 Å². The molecule has 1 heterocycles. The average Bonchev–Trinajstić information content (AvgIpc) is 2.82. The van der Waals surface area contributed by atoms with E-state index >= 15 is 0 Å². The summed E-state index contributed by atoms with van der Waals surface area (Å²) in [7, 11) is 2.00. The molecule has 0 unspecified atom stereocenters. The Morgan fingerprint density at radius 3 is 2.25 bits per heavy atom. The number of carbonyl (C=O) groups is 1. The summed E-state index contributed by atoms with van der Waals surface area (Å²) < 4.78 is 0. The molecule has 2 fully saturated rings. The Labute approximate surface area is 104 Å². The molecular weight excluding hydrogens is 224 g/mol. The number of piperidine rings is 1. The van der Waals surface area contributed by atoms with Gasteiger partial charge in [-0.15, -0.1) is 12.4 Å². The van der Waals surface area contributed by atoms with E-state index in [1.54, 1.807) is 0 Å². The lowest BCUT2D eigenvalue weighted by Crippen LogP contribution is -2.45. The highest BCUT2D eigenvalue weighted by Gasteiger charge is 2.29. The Balaban J connectivity index is 0.00000128. The molecule has 1 aliphatic heterocycles. The predicted octanol–water partition coefficient (Wildman–Crippen LogP) is 1.81. The molecule has 2 rings (SSSR count). The SMILES string of the molecule is CN(C(=O)C1CCCC1)C1CCNCC1.Cl. The van der Waals surface area contributed by atoms with Crippen molar-refractivity contribution in [3.63, 3.8) is 0 Å². The van der Waals surface area contributed by atoms with E-state index in [4.69, 9.17) is 0 Å². The number of rotatable bonds is 2. The maximum atomic E-state index is 12.2. The fourth-order valence-corrected chi connectivity index (χ4v) is 2.83. The van der Waals surface area contributed by atoms with Gasteiger partial charge < -0.3 is 10.2 Å². The van der Waals surface area contributed by atoms with Crippen molar-refractivity contribution in [1.82, 2.24) is 10.2 Å². The minimum absolute atomic E-state index is 0. The maximum absolute atomic E-state index is 12.2. The van der Waals surface area contributed by atoms with Crippen LogP contribution in [0.15, 0.2) is 0 Å². The molecule has 1 N–H and O–H groups in total. The highest BCUT2D eigenvalue weighted by molar-refractivity contribution is 5.85. The number of amides is 1. The van der Waals surface area contributed by atoms with Gasteiger partial charge in [-0.25, -0.2) is 0 Å². The lowest BCUT2D eigenvalue weighted by molar-refractivity contribution is -0.136. The quantitative estimate of drug-likeness (QED) is 0.806. The number of halogens is 1. The number of nitrogens with zero attached hydrogens (tertiary/aromatic N) is 1. The Hall–Kier alpha value is -0.280. The van der Waals surface area contributed by atoms with Gasteiger partial charge in [0.05, 0.1) is 0 Å². The van der Waals surface area contributed by atoms with Gasteiger partial charge in [0.2, 0.25) is 5.91 Å². The molecule has 4 heteroatoms. The zero-order valence-electron chi connectivity index (χ0n) is 10.1. The third kappa shape index (κ3) is 3.11. The van der Waals surface area contributed by atoms with Gasteiger partial charge in [0, 0.05) is 19.0 Å². The smallest absolute Gasteiger partial charge is 0.225 e. The summed E-state index contributed by atoms with van der Waals surface area (Å²) in [4.78, 5) is 14.2. The fraction of sp³-hybridized carbons (Fsp3) is 0.917. The van der Waals surface area contributed by atoms with Gasteiger partial charge in [-0.3, -0.25) is 4.79 Å². The number of carbonyl (C=O) groups excluding carboxylic acids is 1. The van der Waals surface area contributed by atoms with Crippen LogP contribution >= 0.6 is 12.4 Å². The monoisotopic (exact) mass is 246 g/mol. The van der Waals surface area contributed by atoms with Crippen LogP contribution < -0.4 is 5.32 Å². The third-order valence-electron chi connectivity index (χ3n) is 3.91. The van der Waals surface area contributed by atoms with Crippen molar-refractivity contribution < 1.29 is 4.79 Å². The second kappa shape index (κ2) is 6.45. The lowest BCUT2D eigenvalue weighted by atomic mass is 10.0. The molecule has 3 nitrogen and oxygen atoms in total. The molecule has 0 radical (unpaired) electrons. The molecular formula is C12H23ClN2O. The molecule has 0 aromatic heterocycles. The molecule has 1 saturated carbocycles. The first-order valence-corrected chi connectivity index (χ1v) is 6.26. The predicted molar refractivity (Wildman–Crippen MR) is 67.9 cm³/mol. The molecule has 16 heavy (non-hydrogen) atoms. The first kappa shape index (κ1) is 13.8.